The Hall–Kier alpha value is -1.58. The van der Waals surface area contributed by atoms with E-state index in [-0.39, 0.29) is 5.91 Å². The Bertz CT molecular complexity index is 674. The van der Waals surface area contributed by atoms with Crippen LogP contribution in [0.4, 0.5) is 5.69 Å². The van der Waals surface area contributed by atoms with Crippen molar-refractivity contribution >= 4 is 48.9 Å². The average molecular weight is 338 g/mol. The molecule has 0 aliphatic carbocycles. The molecule has 19 heavy (non-hydrogen) atoms. The number of nitrogens with two attached hydrogens (primary N) is 1. The number of hydrogen-bond donors (Lipinski definition) is 1. The molecule has 0 aliphatic rings. The first-order valence-corrected chi connectivity index (χ1v) is 7.25. The highest BCUT2D eigenvalue weighted by atomic mass is 79.9. The predicted octanol–water partition coefficient (Wildman–Crippen LogP) is 3.23. The number of anilines is 1. The van der Waals surface area contributed by atoms with Crippen molar-refractivity contribution in [2.45, 2.75) is 6.42 Å². The second-order valence-corrected chi connectivity index (χ2v) is 6.09. The molecule has 1 aromatic carbocycles. The first-order chi connectivity index (χ1) is 9.04. The number of nitrogens with zero attached hydrogens (tertiary/aromatic N) is 2. The molecule has 1 aromatic heterocycles. The highest BCUT2D eigenvalue weighted by Crippen LogP contribution is 2.35. The molecule has 0 atom stereocenters. The SMILES string of the molecule is CN(CCC#N)C(=O)c1sc2cc(Br)ccc2c1N. The fourth-order valence-electron chi connectivity index (χ4n) is 1.74. The van der Waals surface area contributed by atoms with Crippen LogP contribution in [0, 0.1) is 11.3 Å². The van der Waals surface area contributed by atoms with Crippen molar-refractivity contribution in [2.24, 2.45) is 0 Å². The zero-order valence-corrected chi connectivity index (χ0v) is 12.7. The normalized spacial score (nSPS) is 10.4. The Morgan fingerprint density at radius 1 is 1.58 bits per heavy atom. The van der Waals surface area contributed by atoms with Crippen LogP contribution in [-0.4, -0.2) is 24.4 Å². The molecule has 4 nitrogen and oxygen atoms in total. The van der Waals surface area contributed by atoms with Crippen molar-refractivity contribution < 1.29 is 4.79 Å². The molecule has 2 aromatic rings. The lowest BCUT2D eigenvalue weighted by atomic mass is 10.2. The third kappa shape index (κ3) is 2.72. The number of carbonyl (C=O) groups excluding carboxylic acids is 1. The lowest BCUT2D eigenvalue weighted by molar-refractivity contribution is 0.0804. The van der Waals surface area contributed by atoms with E-state index in [4.69, 9.17) is 11.0 Å². The number of rotatable bonds is 3. The van der Waals surface area contributed by atoms with E-state index in [1.807, 2.05) is 24.3 Å². The quantitative estimate of drug-likeness (QED) is 0.934. The van der Waals surface area contributed by atoms with Gasteiger partial charge in [-0.25, -0.2) is 0 Å². The van der Waals surface area contributed by atoms with Gasteiger partial charge in [-0.05, 0) is 12.1 Å². The predicted molar refractivity (Wildman–Crippen MR) is 81.1 cm³/mol. The third-order valence-electron chi connectivity index (χ3n) is 2.79. The number of carbonyl (C=O) groups is 1. The summed E-state index contributed by atoms with van der Waals surface area (Å²) in [5.41, 5.74) is 6.55. The molecular weight excluding hydrogens is 326 g/mol. The maximum absolute atomic E-state index is 12.3. The van der Waals surface area contributed by atoms with E-state index in [2.05, 4.69) is 15.9 Å². The zero-order chi connectivity index (χ0) is 14.0. The molecule has 0 spiro atoms. The molecule has 0 bridgehead atoms. The largest absolute Gasteiger partial charge is 0.397 e. The van der Waals surface area contributed by atoms with E-state index >= 15 is 0 Å². The standard InChI is InChI=1S/C13H12BrN3OS/c1-17(6-2-5-15)13(18)12-11(16)9-4-3-8(14)7-10(9)19-12/h3-4,7H,2,6,16H2,1H3. The van der Waals surface area contributed by atoms with E-state index < -0.39 is 0 Å². The smallest absolute Gasteiger partial charge is 0.265 e. The van der Waals surface area contributed by atoms with Crippen molar-refractivity contribution in [3.8, 4) is 6.07 Å². The summed E-state index contributed by atoms with van der Waals surface area (Å²) < 4.78 is 1.93. The Morgan fingerprint density at radius 2 is 2.32 bits per heavy atom. The average Bonchev–Trinajstić information content (AvgIpc) is 2.71. The highest BCUT2D eigenvalue weighted by molar-refractivity contribution is 9.10. The van der Waals surface area contributed by atoms with Crippen molar-refractivity contribution in [2.75, 3.05) is 19.3 Å². The van der Waals surface area contributed by atoms with Gasteiger partial charge in [-0.15, -0.1) is 11.3 Å². The number of amides is 1. The number of halogens is 1. The van der Waals surface area contributed by atoms with E-state index in [1.165, 1.54) is 16.2 Å². The van der Waals surface area contributed by atoms with Crippen LogP contribution in [0.3, 0.4) is 0 Å². The molecular formula is C13H12BrN3OS. The van der Waals surface area contributed by atoms with E-state index in [0.29, 0.717) is 23.5 Å². The number of benzene rings is 1. The van der Waals surface area contributed by atoms with Gasteiger partial charge in [-0.2, -0.15) is 5.26 Å². The lowest BCUT2D eigenvalue weighted by Crippen LogP contribution is -2.27. The van der Waals surface area contributed by atoms with E-state index in [9.17, 15) is 4.79 Å². The summed E-state index contributed by atoms with van der Waals surface area (Å²) in [6.07, 6.45) is 0.318. The minimum Gasteiger partial charge on any atom is -0.397 e. The van der Waals surface area contributed by atoms with Gasteiger partial charge in [0.25, 0.3) is 5.91 Å². The van der Waals surface area contributed by atoms with Crippen LogP contribution < -0.4 is 5.73 Å². The summed E-state index contributed by atoms with van der Waals surface area (Å²) in [7, 11) is 1.68. The molecule has 0 saturated carbocycles. The first-order valence-electron chi connectivity index (χ1n) is 5.64. The van der Waals surface area contributed by atoms with Gasteiger partial charge in [-0.1, -0.05) is 22.0 Å². The van der Waals surface area contributed by atoms with Crippen LogP contribution in [0.5, 0.6) is 0 Å². The summed E-state index contributed by atoms with van der Waals surface area (Å²) in [5.74, 6) is -0.134. The maximum atomic E-state index is 12.3. The van der Waals surface area contributed by atoms with Gasteiger partial charge in [0.15, 0.2) is 0 Å². The van der Waals surface area contributed by atoms with Crippen LogP contribution >= 0.6 is 27.3 Å². The van der Waals surface area contributed by atoms with Crippen molar-refractivity contribution in [3.05, 3.63) is 27.5 Å². The van der Waals surface area contributed by atoms with Crippen LogP contribution in [-0.2, 0) is 0 Å². The molecule has 6 heteroatoms. The first kappa shape index (κ1) is 13.8. The van der Waals surface area contributed by atoms with Gasteiger partial charge in [-0.3, -0.25) is 4.79 Å². The van der Waals surface area contributed by atoms with Crippen LogP contribution in [0.15, 0.2) is 22.7 Å². The fraction of sp³-hybridized carbons (Fsp3) is 0.231. The number of fused-ring (bicyclic) bond motifs is 1. The second-order valence-electron chi connectivity index (χ2n) is 4.12. The summed E-state index contributed by atoms with van der Waals surface area (Å²) in [6.45, 7) is 0.409. The van der Waals surface area contributed by atoms with Crippen LogP contribution in [0.25, 0.3) is 10.1 Å². The zero-order valence-electron chi connectivity index (χ0n) is 10.3. The molecule has 0 saturated heterocycles. The van der Waals surface area contributed by atoms with Crippen molar-refractivity contribution in [3.63, 3.8) is 0 Å². The Labute approximate surface area is 123 Å². The molecule has 1 amide bonds. The van der Waals surface area contributed by atoms with E-state index in [1.54, 1.807) is 7.05 Å². The molecule has 0 radical (unpaired) electrons. The number of nitrogen functional groups attached to an aromatic ring is 1. The number of thiophene rings is 1. The molecule has 2 rings (SSSR count). The Kier molecular flexibility index (Phi) is 4.08. The van der Waals surface area contributed by atoms with Gasteiger partial charge in [0.2, 0.25) is 0 Å². The molecule has 0 fully saturated rings. The minimum atomic E-state index is -0.134. The molecule has 98 valence electrons. The Morgan fingerprint density at radius 3 is 3.00 bits per heavy atom. The highest BCUT2D eigenvalue weighted by Gasteiger charge is 2.19. The fourth-order valence-corrected chi connectivity index (χ4v) is 3.41. The molecule has 1 heterocycles. The van der Waals surface area contributed by atoms with Crippen molar-refractivity contribution in [1.82, 2.24) is 4.90 Å². The van der Waals surface area contributed by atoms with Gasteiger partial charge >= 0.3 is 0 Å². The van der Waals surface area contributed by atoms with Gasteiger partial charge in [0.05, 0.1) is 18.2 Å². The van der Waals surface area contributed by atoms with Crippen molar-refractivity contribution in [1.29, 1.82) is 5.26 Å². The van der Waals surface area contributed by atoms with Crippen LogP contribution in [0.1, 0.15) is 16.1 Å². The van der Waals surface area contributed by atoms with Gasteiger partial charge < -0.3 is 10.6 Å². The second kappa shape index (κ2) is 5.59. The topological polar surface area (TPSA) is 70.1 Å². The monoisotopic (exact) mass is 337 g/mol. The summed E-state index contributed by atoms with van der Waals surface area (Å²) in [6, 6.07) is 7.77. The molecule has 0 unspecified atom stereocenters. The van der Waals surface area contributed by atoms with Gasteiger partial charge in [0, 0.05) is 28.2 Å². The summed E-state index contributed by atoms with van der Waals surface area (Å²) >= 11 is 4.78. The molecule has 0 aliphatic heterocycles. The number of hydrogen-bond acceptors (Lipinski definition) is 4. The number of nitriles is 1. The summed E-state index contributed by atoms with van der Waals surface area (Å²) in [4.78, 5) is 14.3. The minimum absolute atomic E-state index is 0.134. The van der Waals surface area contributed by atoms with E-state index in [0.717, 1.165) is 14.6 Å². The Balaban J connectivity index is 2.37. The lowest BCUT2D eigenvalue weighted by Gasteiger charge is -2.14. The molecule has 2 N–H and O–H groups in total. The van der Waals surface area contributed by atoms with Gasteiger partial charge in [0.1, 0.15) is 4.88 Å². The summed E-state index contributed by atoms with van der Waals surface area (Å²) in [5, 5.41) is 9.45. The third-order valence-corrected chi connectivity index (χ3v) is 4.44. The maximum Gasteiger partial charge on any atom is 0.265 e. The van der Waals surface area contributed by atoms with Crippen LogP contribution in [0.2, 0.25) is 0 Å².